The molecule has 0 radical (unpaired) electrons. The van der Waals surface area contributed by atoms with Gasteiger partial charge >= 0.3 is 0 Å². The van der Waals surface area contributed by atoms with Gasteiger partial charge in [0.1, 0.15) is 10.7 Å². The zero-order chi connectivity index (χ0) is 15.7. The van der Waals surface area contributed by atoms with E-state index in [0.717, 1.165) is 32.1 Å². The number of benzene rings is 1. The van der Waals surface area contributed by atoms with Gasteiger partial charge in [-0.1, -0.05) is 35.2 Å². The summed E-state index contributed by atoms with van der Waals surface area (Å²) in [5, 5.41) is 0. The molecule has 2 rings (SSSR count). The number of sulfonamides is 1. The molecule has 1 aromatic carbocycles. The van der Waals surface area contributed by atoms with Crippen LogP contribution in [0.2, 0.25) is 0 Å². The molecule has 0 unspecified atom stereocenters. The Labute approximate surface area is 133 Å². The molecule has 1 aliphatic rings. The first-order valence-electron chi connectivity index (χ1n) is 6.99. The van der Waals surface area contributed by atoms with Gasteiger partial charge in [-0.15, -0.1) is 0 Å². The summed E-state index contributed by atoms with van der Waals surface area (Å²) in [5.41, 5.74) is 5.14. The lowest BCUT2D eigenvalue weighted by Gasteiger charge is -2.34. The van der Waals surface area contributed by atoms with Crippen LogP contribution in [0, 0.1) is 5.82 Å². The molecule has 0 aliphatic heterocycles. The largest absolute Gasteiger partial charge is 0.326 e. The van der Waals surface area contributed by atoms with Crippen LogP contribution in [0.15, 0.2) is 21.5 Å². The van der Waals surface area contributed by atoms with Crippen molar-refractivity contribution in [3.05, 3.63) is 28.0 Å². The SMILES string of the molecule is CC1(NS(=O)(=O)c2cc(Br)cc(CN)c2F)CCCCC1. The van der Waals surface area contributed by atoms with Gasteiger partial charge in [-0.3, -0.25) is 0 Å². The first-order chi connectivity index (χ1) is 9.77. The average Bonchev–Trinajstić information content (AvgIpc) is 2.40. The zero-order valence-corrected chi connectivity index (χ0v) is 14.4. The fraction of sp³-hybridized carbons (Fsp3) is 0.571. The monoisotopic (exact) mass is 378 g/mol. The second-order valence-electron chi connectivity index (χ2n) is 5.81. The Morgan fingerprint density at radius 2 is 1.95 bits per heavy atom. The van der Waals surface area contributed by atoms with Crippen LogP contribution in [0.1, 0.15) is 44.6 Å². The molecule has 0 aromatic heterocycles. The maximum absolute atomic E-state index is 14.3. The van der Waals surface area contributed by atoms with Crippen LogP contribution in [0.5, 0.6) is 0 Å². The Kier molecular flexibility index (Phi) is 5.07. The molecule has 1 fully saturated rings. The number of nitrogens with one attached hydrogen (secondary N) is 1. The van der Waals surface area contributed by atoms with Gasteiger partial charge in [-0.25, -0.2) is 17.5 Å². The number of nitrogens with two attached hydrogens (primary N) is 1. The highest BCUT2D eigenvalue weighted by atomic mass is 79.9. The summed E-state index contributed by atoms with van der Waals surface area (Å²) >= 11 is 3.20. The second kappa shape index (κ2) is 6.32. The first kappa shape index (κ1) is 16.9. The molecule has 0 saturated heterocycles. The first-order valence-corrected chi connectivity index (χ1v) is 9.27. The van der Waals surface area contributed by atoms with Crippen molar-refractivity contribution in [2.45, 2.75) is 56.0 Å². The third-order valence-corrected chi connectivity index (χ3v) is 6.02. The quantitative estimate of drug-likeness (QED) is 0.845. The summed E-state index contributed by atoms with van der Waals surface area (Å²) in [6, 6.07) is 2.78. The molecule has 0 spiro atoms. The second-order valence-corrected chi connectivity index (χ2v) is 8.37. The average molecular weight is 379 g/mol. The Morgan fingerprint density at radius 1 is 1.33 bits per heavy atom. The predicted molar refractivity (Wildman–Crippen MR) is 83.8 cm³/mol. The summed E-state index contributed by atoms with van der Waals surface area (Å²) < 4.78 is 42.6. The van der Waals surface area contributed by atoms with Crippen molar-refractivity contribution in [1.82, 2.24) is 4.72 Å². The van der Waals surface area contributed by atoms with Gasteiger partial charge in [-0.05, 0) is 31.9 Å². The lowest BCUT2D eigenvalue weighted by Crippen LogP contribution is -2.47. The molecule has 0 heterocycles. The van der Waals surface area contributed by atoms with Crippen LogP contribution in [-0.4, -0.2) is 14.0 Å². The summed E-state index contributed by atoms with van der Waals surface area (Å²) in [6.07, 6.45) is 4.61. The van der Waals surface area contributed by atoms with E-state index in [1.54, 1.807) is 0 Å². The summed E-state index contributed by atoms with van der Waals surface area (Å²) in [5.74, 6) is -0.771. The van der Waals surface area contributed by atoms with Crippen molar-refractivity contribution in [1.29, 1.82) is 0 Å². The smallest absolute Gasteiger partial charge is 0.244 e. The number of halogens is 2. The molecule has 1 aromatic rings. The van der Waals surface area contributed by atoms with E-state index >= 15 is 0 Å². The van der Waals surface area contributed by atoms with Crippen LogP contribution >= 0.6 is 15.9 Å². The molecule has 4 nitrogen and oxygen atoms in total. The number of rotatable bonds is 4. The van der Waals surface area contributed by atoms with Crippen LogP contribution in [0.4, 0.5) is 4.39 Å². The minimum atomic E-state index is -3.91. The van der Waals surface area contributed by atoms with Crippen LogP contribution in [0.3, 0.4) is 0 Å². The van der Waals surface area contributed by atoms with Crippen molar-refractivity contribution < 1.29 is 12.8 Å². The molecular formula is C14H20BrFN2O2S. The molecule has 1 saturated carbocycles. The molecule has 7 heteroatoms. The Hall–Kier alpha value is -0.500. The van der Waals surface area contributed by atoms with Crippen LogP contribution in [-0.2, 0) is 16.6 Å². The molecule has 0 amide bonds. The normalized spacial score (nSPS) is 18.7. The Morgan fingerprint density at radius 3 is 2.52 bits per heavy atom. The third kappa shape index (κ3) is 3.83. The van der Waals surface area contributed by atoms with Gasteiger partial charge in [-0.2, -0.15) is 0 Å². The molecular weight excluding hydrogens is 359 g/mol. The fourth-order valence-electron chi connectivity index (χ4n) is 2.78. The molecule has 1 aliphatic carbocycles. The van der Waals surface area contributed by atoms with Gasteiger partial charge in [0, 0.05) is 22.1 Å². The topological polar surface area (TPSA) is 72.2 Å². The van der Waals surface area contributed by atoms with Crippen molar-refractivity contribution in [3.63, 3.8) is 0 Å². The van der Waals surface area contributed by atoms with Crippen molar-refractivity contribution in [3.8, 4) is 0 Å². The van der Waals surface area contributed by atoms with Gasteiger partial charge < -0.3 is 5.73 Å². The maximum Gasteiger partial charge on any atom is 0.244 e. The summed E-state index contributed by atoms with van der Waals surface area (Å²) in [6.45, 7) is 1.83. The molecule has 3 N–H and O–H groups in total. The molecule has 21 heavy (non-hydrogen) atoms. The molecule has 118 valence electrons. The van der Waals surface area contributed by atoms with Gasteiger partial charge in [0.2, 0.25) is 10.0 Å². The van der Waals surface area contributed by atoms with E-state index in [-0.39, 0.29) is 17.0 Å². The van der Waals surface area contributed by atoms with Crippen molar-refractivity contribution in [2.75, 3.05) is 0 Å². The Balaban J connectivity index is 2.38. The third-order valence-electron chi connectivity index (χ3n) is 3.93. The van der Waals surface area contributed by atoms with E-state index in [0.29, 0.717) is 4.47 Å². The van der Waals surface area contributed by atoms with Gasteiger partial charge in [0.05, 0.1) is 0 Å². The Bertz CT molecular complexity index is 628. The van der Waals surface area contributed by atoms with E-state index < -0.39 is 21.4 Å². The minimum Gasteiger partial charge on any atom is -0.326 e. The maximum atomic E-state index is 14.3. The lowest BCUT2D eigenvalue weighted by atomic mass is 9.84. The van der Waals surface area contributed by atoms with E-state index in [9.17, 15) is 12.8 Å². The molecule has 0 bridgehead atoms. The van der Waals surface area contributed by atoms with Crippen LogP contribution < -0.4 is 10.5 Å². The summed E-state index contributed by atoms with van der Waals surface area (Å²) in [4.78, 5) is -0.343. The lowest BCUT2D eigenvalue weighted by molar-refractivity contribution is 0.293. The van der Waals surface area contributed by atoms with E-state index in [1.165, 1.54) is 12.1 Å². The van der Waals surface area contributed by atoms with E-state index in [1.807, 2.05) is 6.92 Å². The predicted octanol–water partition coefficient (Wildman–Crippen LogP) is 3.05. The van der Waals surface area contributed by atoms with E-state index in [4.69, 9.17) is 5.73 Å². The highest BCUT2D eigenvalue weighted by molar-refractivity contribution is 9.10. The highest BCUT2D eigenvalue weighted by Crippen LogP contribution is 2.31. The number of hydrogen-bond donors (Lipinski definition) is 2. The van der Waals surface area contributed by atoms with Crippen molar-refractivity contribution in [2.24, 2.45) is 5.73 Å². The van der Waals surface area contributed by atoms with Gasteiger partial charge in [0.15, 0.2) is 0 Å². The van der Waals surface area contributed by atoms with Gasteiger partial charge in [0.25, 0.3) is 0 Å². The minimum absolute atomic E-state index is 0.0505. The highest BCUT2D eigenvalue weighted by Gasteiger charge is 2.33. The fourth-order valence-corrected chi connectivity index (χ4v) is 5.04. The van der Waals surface area contributed by atoms with E-state index in [2.05, 4.69) is 20.7 Å². The van der Waals surface area contributed by atoms with Crippen molar-refractivity contribution >= 4 is 26.0 Å². The summed E-state index contributed by atoms with van der Waals surface area (Å²) in [7, 11) is -3.91. The van der Waals surface area contributed by atoms with Crippen LogP contribution in [0.25, 0.3) is 0 Å². The number of hydrogen-bond acceptors (Lipinski definition) is 3. The zero-order valence-electron chi connectivity index (χ0n) is 12.0. The standard InChI is InChI=1S/C14H20BrFN2O2S/c1-14(5-3-2-4-6-14)18-21(19,20)12-8-11(15)7-10(9-17)13(12)16/h7-8,18H,2-6,9,17H2,1H3. The molecule has 0 atom stereocenters.